The summed E-state index contributed by atoms with van der Waals surface area (Å²) >= 11 is 0. The zero-order valence-electron chi connectivity index (χ0n) is 11.9. The van der Waals surface area contributed by atoms with Gasteiger partial charge in [0.25, 0.3) is 0 Å². The van der Waals surface area contributed by atoms with Crippen molar-refractivity contribution >= 4 is 12.0 Å². The first kappa shape index (κ1) is 14.4. The van der Waals surface area contributed by atoms with E-state index in [1.807, 2.05) is 13.0 Å². The standard InChI is InChI=1S/C13H20N4O3/c1-3-20-13(19)17-6-4-16(5-7-17)12(18)9-11-8-10(2)14-15-11/h8H,3-7,9H2,1-2H3,(H,14,15). The normalized spacial score (nSPS) is 15.3. The number of H-pyrrole nitrogens is 1. The molecule has 2 amide bonds. The van der Waals surface area contributed by atoms with Crippen LogP contribution >= 0.6 is 0 Å². The molecule has 1 N–H and O–H groups in total. The maximum atomic E-state index is 12.1. The summed E-state index contributed by atoms with van der Waals surface area (Å²) in [6, 6.07) is 1.87. The molecule has 0 spiro atoms. The predicted molar refractivity (Wildman–Crippen MR) is 72.2 cm³/mol. The summed E-state index contributed by atoms with van der Waals surface area (Å²) in [5, 5.41) is 6.88. The molecule has 1 aromatic rings. The molecule has 1 aliphatic rings. The largest absolute Gasteiger partial charge is 0.450 e. The number of ether oxygens (including phenoxy) is 1. The van der Waals surface area contributed by atoms with Gasteiger partial charge in [-0.05, 0) is 19.9 Å². The molecule has 0 aromatic carbocycles. The number of nitrogens with zero attached hydrogens (tertiary/aromatic N) is 3. The first-order valence-corrected chi connectivity index (χ1v) is 6.80. The lowest BCUT2D eigenvalue weighted by molar-refractivity contribution is -0.132. The molecular formula is C13H20N4O3. The molecule has 2 heterocycles. The van der Waals surface area contributed by atoms with Gasteiger partial charge in [0.1, 0.15) is 0 Å². The Morgan fingerprint density at radius 2 is 1.95 bits per heavy atom. The molecule has 0 radical (unpaired) electrons. The quantitative estimate of drug-likeness (QED) is 0.877. The Bertz CT molecular complexity index is 478. The number of nitrogens with one attached hydrogen (secondary N) is 1. The van der Waals surface area contributed by atoms with E-state index < -0.39 is 0 Å². The molecule has 0 bridgehead atoms. The summed E-state index contributed by atoms with van der Waals surface area (Å²) in [7, 11) is 0. The Balaban J connectivity index is 1.81. The predicted octanol–water partition coefficient (Wildman–Crippen LogP) is 0.561. The Hall–Kier alpha value is -2.05. The van der Waals surface area contributed by atoms with Crippen LogP contribution in [-0.2, 0) is 16.0 Å². The van der Waals surface area contributed by atoms with Gasteiger partial charge in [-0.2, -0.15) is 5.10 Å². The number of hydrogen-bond donors (Lipinski definition) is 1. The smallest absolute Gasteiger partial charge is 0.409 e. The van der Waals surface area contributed by atoms with E-state index in [2.05, 4.69) is 10.2 Å². The third kappa shape index (κ3) is 3.49. The molecule has 0 aliphatic carbocycles. The second kappa shape index (κ2) is 6.40. The van der Waals surface area contributed by atoms with Crippen LogP contribution in [0.5, 0.6) is 0 Å². The average Bonchev–Trinajstić information content (AvgIpc) is 2.84. The second-order valence-electron chi connectivity index (χ2n) is 4.79. The highest BCUT2D eigenvalue weighted by molar-refractivity contribution is 5.78. The van der Waals surface area contributed by atoms with Crippen molar-refractivity contribution in [2.75, 3.05) is 32.8 Å². The van der Waals surface area contributed by atoms with Crippen LogP contribution in [0.1, 0.15) is 18.3 Å². The van der Waals surface area contributed by atoms with Gasteiger partial charge < -0.3 is 14.5 Å². The highest BCUT2D eigenvalue weighted by Gasteiger charge is 2.25. The third-order valence-electron chi connectivity index (χ3n) is 3.25. The van der Waals surface area contributed by atoms with Crippen LogP contribution in [0.15, 0.2) is 6.07 Å². The SMILES string of the molecule is CCOC(=O)N1CCN(C(=O)Cc2cc(C)[nH]n2)CC1. The van der Waals surface area contributed by atoms with Crippen LogP contribution in [-0.4, -0.2) is 64.8 Å². The van der Waals surface area contributed by atoms with Crippen molar-refractivity contribution in [1.29, 1.82) is 0 Å². The van der Waals surface area contributed by atoms with Gasteiger partial charge in [-0.15, -0.1) is 0 Å². The first-order valence-electron chi connectivity index (χ1n) is 6.80. The summed E-state index contributed by atoms with van der Waals surface area (Å²) < 4.78 is 4.94. The highest BCUT2D eigenvalue weighted by atomic mass is 16.6. The number of amides is 2. The fourth-order valence-electron chi connectivity index (χ4n) is 2.18. The third-order valence-corrected chi connectivity index (χ3v) is 3.25. The van der Waals surface area contributed by atoms with Crippen LogP contribution < -0.4 is 0 Å². The number of carbonyl (C=O) groups is 2. The Kier molecular flexibility index (Phi) is 4.60. The number of aromatic amines is 1. The van der Waals surface area contributed by atoms with Gasteiger partial charge in [-0.25, -0.2) is 4.79 Å². The zero-order valence-corrected chi connectivity index (χ0v) is 11.9. The fourth-order valence-corrected chi connectivity index (χ4v) is 2.18. The van der Waals surface area contributed by atoms with Crippen molar-refractivity contribution in [2.24, 2.45) is 0 Å². The van der Waals surface area contributed by atoms with Crippen molar-refractivity contribution in [2.45, 2.75) is 20.3 Å². The van der Waals surface area contributed by atoms with Crippen LogP contribution in [0, 0.1) is 6.92 Å². The zero-order chi connectivity index (χ0) is 14.5. The second-order valence-corrected chi connectivity index (χ2v) is 4.79. The van der Waals surface area contributed by atoms with E-state index in [-0.39, 0.29) is 12.0 Å². The molecule has 0 saturated carbocycles. The molecule has 0 unspecified atom stereocenters. The summed E-state index contributed by atoms with van der Waals surface area (Å²) in [5.41, 5.74) is 1.69. The van der Waals surface area contributed by atoms with Crippen LogP contribution in [0.4, 0.5) is 4.79 Å². The average molecular weight is 280 g/mol. The minimum absolute atomic E-state index is 0.0417. The fraction of sp³-hybridized carbons (Fsp3) is 0.615. The Morgan fingerprint density at radius 3 is 2.50 bits per heavy atom. The molecule has 1 aromatic heterocycles. The van der Waals surface area contributed by atoms with Crippen LogP contribution in [0.3, 0.4) is 0 Å². The number of aryl methyl sites for hydroxylation is 1. The molecule has 7 heteroatoms. The van der Waals surface area contributed by atoms with Gasteiger partial charge in [0.2, 0.25) is 5.91 Å². The lowest BCUT2D eigenvalue weighted by Gasteiger charge is -2.34. The van der Waals surface area contributed by atoms with Gasteiger partial charge in [0.05, 0.1) is 18.7 Å². The summed E-state index contributed by atoms with van der Waals surface area (Å²) in [6.07, 6.45) is -0.00783. The maximum absolute atomic E-state index is 12.1. The van der Waals surface area contributed by atoms with Crippen molar-refractivity contribution < 1.29 is 14.3 Å². The van der Waals surface area contributed by atoms with E-state index in [1.165, 1.54) is 0 Å². The molecule has 0 atom stereocenters. The van der Waals surface area contributed by atoms with Gasteiger partial charge >= 0.3 is 6.09 Å². The summed E-state index contributed by atoms with van der Waals surface area (Å²) in [6.45, 7) is 6.18. The molecule has 110 valence electrons. The number of hydrogen-bond acceptors (Lipinski definition) is 4. The Labute approximate surface area is 117 Å². The molecule has 1 saturated heterocycles. The summed E-state index contributed by atoms with van der Waals surface area (Å²) in [4.78, 5) is 27.1. The molecule has 7 nitrogen and oxygen atoms in total. The van der Waals surface area contributed by atoms with Crippen molar-refractivity contribution in [1.82, 2.24) is 20.0 Å². The van der Waals surface area contributed by atoms with E-state index in [1.54, 1.807) is 16.7 Å². The van der Waals surface area contributed by atoms with Crippen molar-refractivity contribution in [3.05, 3.63) is 17.5 Å². The van der Waals surface area contributed by atoms with Crippen LogP contribution in [0.2, 0.25) is 0 Å². The Morgan fingerprint density at radius 1 is 1.30 bits per heavy atom. The van der Waals surface area contributed by atoms with Gasteiger partial charge in [0, 0.05) is 31.9 Å². The van der Waals surface area contributed by atoms with Crippen molar-refractivity contribution in [3.8, 4) is 0 Å². The minimum Gasteiger partial charge on any atom is -0.450 e. The number of rotatable bonds is 3. The number of piperazine rings is 1. The lowest BCUT2D eigenvalue weighted by Crippen LogP contribution is -2.51. The van der Waals surface area contributed by atoms with Gasteiger partial charge in [-0.3, -0.25) is 9.89 Å². The lowest BCUT2D eigenvalue weighted by atomic mass is 10.2. The van der Waals surface area contributed by atoms with E-state index in [4.69, 9.17) is 4.74 Å². The summed E-state index contributed by atoms with van der Waals surface area (Å²) in [5.74, 6) is 0.0417. The van der Waals surface area contributed by atoms with E-state index in [9.17, 15) is 9.59 Å². The monoisotopic (exact) mass is 280 g/mol. The van der Waals surface area contributed by atoms with Crippen LogP contribution in [0.25, 0.3) is 0 Å². The van der Waals surface area contributed by atoms with Gasteiger partial charge in [-0.1, -0.05) is 0 Å². The topological polar surface area (TPSA) is 78.5 Å². The first-order chi connectivity index (χ1) is 9.60. The highest BCUT2D eigenvalue weighted by Crippen LogP contribution is 2.07. The molecule has 1 aliphatic heterocycles. The molecule has 2 rings (SSSR count). The molecule has 20 heavy (non-hydrogen) atoms. The maximum Gasteiger partial charge on any atom is 0.409 e. The molecular weight excluding hydrogens is 260 g/mol. The van der Waals surface area contributed by atoms with E-state index in [0.29, 0.717) is 39.2 Å². The number of carbonyl (C=O) groups excluding carboxylic acids is 2. The minimum atomic E-state index is -0.303. The van der Waals surface area contributed by atoms with E-state index in [0.717, 1.165) is 11.4 Å². The number of aromatic nitrogens is 2. The van der Waals surface area contributed by atoms with Crippen molar-refractivity contribution in [3.63, 3.8) is 0 Å². The van der Waals surface area contributed by atoms with Gasteiger partial charge in [0.15, 0.2) is 0 Å². The van der Waals surface area contributed by atoms with E-state index >= 15 is 0 Å². The molecule has 1 fully saturated rings.